The Hall–Kier alpha value is -1.39. The number of hydrogen-bond donors (Lipinski definition) is 1. The van der Waals surface area contributed by atoms with Crippen molar-refractivity contribution < 1.29 is 9.90 Å². The molecule has 1 heterocycles. The molecule has 0 radical (unpaired) electrons. The van der Waals surface area contributed by atoms with Crippen molar-refractivity contribution >= 4 is 5.97 Å². The van der Waals surface area contributed by atoms with E-state index >= 15 is 0 Å². The lowest BCUT2D eigenvalue weighted by atomic mass is 10.0. The molecular weight excluding hydrogens is 240 g/mol. The Labute approximate surface area is 114 Å². The van der Waals surface area contributed by atoms with Crippen LogP contribution in [0.25, 0.3) is 0 Å². The van der Waals surface area contributed by atoms with Crippen LogP contribution in [-0.4, -0.2) is 53.1 Å². The molecule has 0 saturated carbocycles. The summed E-state index contributed by atoms with van der Waals surface area (Å²) >= 11 is 0. The monoisotopic (exact) mass is 262 g/mol. The SMILES string of the molecule is C[C@H]1CN(Cc2ccccc2)C[C@@H](CC(=O)O)N1C. The Balaban J connectivity index is 2.00. The molecular formula is C15H22N2O2. The summed E-state index contributed by atoms with van der Waals surface area (Å²) in [5.74, 6) is -0.717. The molecule has 1 aromatic rings. The lowest BCUT2D eigenvalue weighted by Gasteiger charge is -2.43. The van der Waals surface area contributed by atoms with Crippen LogP contribution in [-0.2, 0) is 11.3 Å². The van der Waals surface area contributed by atoms with Crippen molar-refractivity contribution in [3.05, 3.63) is 35.9 Å². The zero-order chi connectivity index (χ0) is 13.8. The van der Waals surface area contributed by atoms with Crippen LogP contribution in [0.15, 0.2) is 30.3 Å². The average Bonchev–Trinajstić information content (AvgIpc) is 2.36. The van der Waals surface area contributed by atoms with Gasteiger partial charge in [-0.05, 0) is 19.5 Å². The van der Waals surface area contributed by atoms with Gasteiger partial charge in [0.15, 0.2) is 0 Å². The van der Waals surface area contributed by atoms with Crippen molar-refractivity contribution in [2.24, 2.45) is 0 Å². The molecule has 0 unspecified atom stereocenters. The van der Waals surface area contributed by atoms with Gasteiger partial charge in [0.05, 0.1) is 6.42 Å². The van der Waals surface area contributed by atoms with Crippen molar-refractivity contribution in [3.8, 4) is 0 Å². The number of aliphatic carboxylic acids is 1. The third-order valence-electron chi connectivity index (χ3n) is 3.92. The number of rotatable bonds is 4. The molecule has 1 saturated heterocycles. The highest BCUT2D eigenvalue weighted by molar-refractivity contribution is 5.67. The van der Waals surface area contributed by atoms with Crippen LogP contribution in [0.3, 0.4) is 0 Å². The predicted molar refractivity (Wildman–Crippen MR) is 75.0 cm³/mol. The molecule has 0 aliphatic carbocycles. The molecule has 4 nitrogen and oxygen atoms in total. The van der Waals surface area contributed by atoms with Gasteiger partial charge in [0, 0.05) is 31.7 Å². The van der Waals surface area contributed by atoms with Crippen LogP contribution in [0.2, 0.25) is 0 Å². The second kappa shape index (κ2) is 6.17. The first-order valence-electron chi connectivity index (χ1n) is 6.76. The number of carbonyl (C=O) groups is 1. The van der Waals surface area contributed by atoms with Gasteiger partial charge < -0.3 is 5.11 Å². The maximum absolute atomic E-state index is 10.9. The third kappa shape index (κ3) is 3.78. The zero-order valence-electron chi connectivity index (χ0n) is 11.6. The maximum Gasteiger partial charge on any atom is 0.304 e. The summed E-state index contributed by atoms with van der Waals surface area (Å²) in [4.78, 5) is 15.5. The molecule has 1 aromatic carbocycles. The van der Waals surface area contributed by atoms with Crippen molar-refractivity contribution in [2.75, 3.05) is 20.1 Å². The van der Waals surface area contributed by atoms with E-state index in [1.807, 2.05) is 25.2 Å². The lowest BCUT2D eigenvalue weighted by Crippen LogP contribution is -2.56. The molecule has 0 spiro atoms. The fourth-order valence-electron chi connectivity index (χ4n) is 2.74. The number of likely N-dealkylation sites (N-methyl/N-ethyl adjacent to an activating group) is 1. The van der Waals surface area contributed by atoms with Crippen molar-refractivity contribution in [1.29, 1.82) is 0 Å². The van der Waals surface area contributed by atoms with Gasteiger partial charge in [-0.3, -0.25) is 14.6 Å². The molecule has 2 rings (SSSR count). The van der Waals surface area contributed by atoms with E-state index in [1.165, 1.54) is 5.56 Å². The number of carboxylic acid groups (broad SMARTS) is 1. The summed E-state index contributed by atoms with van der Waals surface area (Å²) < 4.78 is 0. The Morgan fingerprint density at radius 3 is 2.63 bits per heavy atom. The van der Waals surface area contributed by atoms with Crippen LogP contribution in [0.5, 0.6) is 0 Å². The molecule has 1 N–H and O–H groups in total. The highest BCUT2D eigenvalue weighted by Gasteiger charge is 2.30. The van der Waals surface area contributed by atoms with E-state index in [9.17, 15) is 4.79 Å². The summed E-state index contributed by atoms with van der Waals surface area (Å²) in [7, 11) is 2.03. The molecule has 2 atom stereocenters. The number of hydrogen-bond acceptors (Lipinski definition) is 3. The molecule has 1 fully saturated rings. The Kier molecular flexibility index (Phi) is 4.56. The fraction of sp³-hybridized carbons (Fsp3) is 0.533. The number of piperazine rings is 1. The summed E-state index contributed by atoms with van der Waals surface area (Å²) in [5, 5.41) is 9.00. The first kappa shape index (κ1) is 14.0. The van der Waals surface area contributed by atoms with Gasteiger partial charge >= 0.3 is 5.97 Å². The van der Waals surface area contributed by atoms with Gasteiger partial charge in [-0.25, -0.2) is 0 Å². The first-order chi connectivity index (χ1) is 9.06. The molecule has 0 aromatic heterocycles. The van der Waals surface area contributed by atoms with Crippen LogP contribution in [0, 0.1) is 0 Å². The quantitative estimate of drug-likeness (QED) is 0.896. The van der Waals surface area contributed by atoms with E-state index in [0.717, 1.165) is 19.6 Å². The third-order valence-corrected chi connectivity index (χ3v) is 3.92. The van der Waals surface area contributed by atoms with Crippen molar-refractivity contribution in [2.45, 2.75) is 32.0 Å². The van der Waals surface area contributed by atoms with Gasteiger partial charge in [-0.1, -0.05) is 30.3 Å². The highest BCUT2D eigenvalue weighted by atomic mass is 16.4. The molecule has 19 heavy (non-hydrogen) atoms. The Morgan fingerprint density at radius 1 is 1.32 bits per heavy atom. The second-order valence-electron chi connectivity index (χ2n) is 5.45. The van der Waals surface area contributed by atoms with Crippen LogP contribution < -0.4 is 0 Å². The van der Waals surface area contributed by atoms with Crippen LogP contribution in [0.1, 0.15) is 18.9 Å². The zero-order valence-corrected chi connectivity index (χ0v) is 11.6. The lowest BCUT2D eigenvalue weighted by molar-refractivity contribution is -0.139. The van der Waals surface area contributed by atoms with Gasteiger partial charge in [-0.2, -0.15) is 0 Å². The number of nitrogens with zero attached hydrogens (tertiary/aromatic N) is 2. The van der Waals surface area contributed by atoms with Gasteiger partial charge in [0.25, 0.3) is 0 Å². The normalized spacial score (nSPS) is 25.4. The molecule has 1 aliphatic heterocycles. The number of benzene rings is 1. The van der Waals surface area contributed by atoms with Crippen LogP contribution in [0.4, 0.5) is 0 Å². The van der Waals surface area contributed by atoms with Crippen molar-refractivity contribution in [3.63, 3.8) is 0 Å². The minimum atomic E-state index is -0.717. The number of carboxylic acids is 1. The summed E-state index contributed by atoms with van der Waals surface area (Å²) in [6, 6.07) is 10.8. The second-order valence-corrected chi connectivity index (χ2v) is 5.45. The van der Waals surface area contributed by atoms with Crippen molar-refractivity contribution in [1.82, 2.24) is 9.80 Å². The molecule has 1 aliphatic rings. The standard InChI is InChI=1S/C15H22N2O2/c1-12-9-17(10-13-6-4-3-5-7-13)11-14(16(12)2)8-15(18)19/h3-7,12,14H,8-11H2,1-2H3,(H,18,19)/t12-,14+/m0/s1. The minimum absolute atomic E-state index is 0.102. The molecule has 0 amide bonds. The topological polar surface area (TPSA) is 43.8 Å². The summed E-state index contributed by atoms with van der Waals surface area (Å²) in [6.07, 6.45) is 0.214. The molecule has 104 valence electrons. The fourth-order valence-corrected chi connectivity index (χ4v) is 2.74. The average molecular weight is 262 g/mol. The van der Waals surface area contributed by atoms with Gasteiger partial charge in [-0.15, -0.1) is 0 Å². The molecule has 4 heteroatoms. The summed E-state index contributed by atoms with van der Waals surface area (Å²) in [6.45, 7) is 4.87. The summed E-state index contributed by atoms with van der Waals surface area (Å²) in [5.41, 5.74) is 1.29. The maximum atomic E-state index is 10.9. The molecule has 0 bridgehead atoms. The minimum Gasteiger partial charge on any atom is -0.481 e. The smallest absolute Gasteiger partial charge is 0.304 e. The first-order valence-corrected chi connectivity index (χ1v) is 6.76. The highest BCUT2D eigenvalue weighted by Crippen LogP contribution is 2.18. The Bertz CT molecular complexity index is 421. The largest absolute Gasteiger partial charge is 0.481 e. The van der Waals surface area contributed by atoms with E-state index in [0.29, 0.717) is 6.04 Å². The van der Waals surface area contributed by atoms with E-state index < -0.39 is 5.97 Å². The van der Waals surface area contributed by atoms with Gasteiger partial charge in [0.1, 0.15) is 0 Å². The van der Waals surface area contributed by atoms with E-state index in [4.69, 9.17) is 5.11 Å². The van der Waals surface area contributed by atoms with E-state index in [1.54, 1.807) is 0 Å². The van der Waals surface area contributed by atoms with Gasteiger partial charge in [0.2, 0.25) is 0 Å². The van der Waals surface area contributed by atoms with Crippen LogP contribution >= 0.6 is 0 Å². The van der Waals surface area contributed by atoms with E-state index in [-0.39, 0.29) is 12.5 Å². The predicted octanol–water partition coefficient (Wildman–Crippen LogP) is 1.67. The Morgan fingerprint density at radius 2 is 2.00 bits per heavy atom. The van der Waals surface area contributed by atoms with E-state index in [2.05, 4.69) is 28.9 Å².